The van der Waals surface area contributed by atoms with Crippen molar-refractivity contribution < 1.29 is 33.1 Å². The van der Waals surface area contributed by atoms with Gasteiger partial charge in [-0.1, -0.05) is 55.7 Å². The van der Waals surface area contributed by atoms with Crippen molar-refractivity contribution in [2.45, 2.75) is 91.0 Å². The lowest BCUT2D eigenvalue weighted by Crippen LogP contribution is -2.43. The monoisotopic (exact) mass is 569 g/mol. The van der Waals surface area contributed by atoms with Gasteiger partial charge in [0.2, 0.25) is 11.6 Å². The third kappa shape index (κ3) is 12.7. The quantitative estimate of drug-likeness (QED) is 0.156. The van der Waals surface area contributed by atoms with E-state index < -0.39 is 6.09 Å². The van der Waals surface area contributed by atoms with Crippen molar-refractivity contribution in [2.75, 3.05) is 33.0 Å². The smallest absolute Gasteiger partial charge is 0.417 e. The number of aromatic nitrogens is 1. The number of hydrogen-bond donors (Lipinski definition) is 0. The van der Waals surface area contributed by atoms with Gasteiger partial charge < -0.3 is 18.9 Å². The van der Waals surface area contributed by atoms with Crippen LogP contribution in [0.1, 0.15) is 76.5 Å². The number of amides is 2. The van der Waals surface area contributed by atoms with Crippen LogP contribution in [0.2, 0.25) is 0 Å². The number of benzene rings is 1. The van der Waals surface area contributed by atoms with E-state index in [0.717, 1.165) is 68.9 Å². The van der Waals surface area contributed by atoms with E-state index in [2.05, 4.69) is 30.3 Å². The van der Waals surface area contributed by atoms with Crippen LogP contribution in [-0.4, -0.2) is 56.2 Å². The van der Waals surface area contributed by atoms with Crippen molar-refractivity contribution in [1.82, 2.24) is 4.90 Å². The van der Waals surface area contributed by atoms with E-state index >= 15 is 0 Å². The first-order chi connectivity index (χ1) is 20.1. The molecule has 3 rings (SSSR count). The van der Waals surface area contributed by atoms with Crippen LogP contribution in [0.15, 0.2) is 54.7 Å². The Morgan fingerprint density at radius 2 is 1.63 bits per heavy atom. The van der Waals surface area contributed by atoms with Gasteiger partial charge in [0.25, 0.3) is 0 Å². The zero-order valence-electron chi connectivity index (χ0n) is 25.0. The molecule has 2 aromatic rings. The number of carbonyl (C=O) groups is 2. The number of nitrogens with zero attached hydrogens (tertiary/aromatic N) is 2. The molecule has 2 atom stereocenters. The molecule has 1 aliphatic heterocycles. The van der Waals surface area contributed by atoms with Crippen molar-refractivity contribution >= 4 is 12.0 Å². The maximum atomic E-state index is 12.7. The van der Waals surface area contributed by atoms with E-state index in [9.17, 15) is 9.59 Å². The molecule has 8 nitrogen and oxygen atoms in total. The van der Waals surface area contributed by atoms with Crippen molar-refractivity contribution in [1.29, 1.82) is 0 Å². The summed E-state index contributed by atoms with van der Waals surface area (Å²) < 4.78 is 24.9. The van der Waals surface area contributed by atoms with Crippen LogP contribution in [0.4, 0.5) is 4.79 Å². The van der Waals surface area contributed by atoms with E-state index in [1.54, 1.807) is 0 Å². The minimum absolute atomic E-state index is 0.0607. The summed E-state index contributed by atoms with van der Waals surface area (Å²) in [6, 6.07) is 16.4. The summed E-state index contributed by atoms with van der Waals surface area (Å²) in [4.78, 5) is 25.9. The molecule has 0 N–H and O–H groups in total. The number of unbranched alkanes of at least 4 members (excludes halogenated alkanes) is 5. The second-order valence-corrected chi connectivity index (χ2v) is 10.7. The molecule has 8 heteroatoms. The molecule has 1 aromatic heterocycles. The van der Waals surface area contributed by atoms with Crippen LogP contribution in [0.5, 0.6) is 0 Å². The third-order valence-electron chi connectivity index (χ3n) is 7.37. The summed E-state index contributed by atoms with van der Waals surface area (Å²) in [6.07, 6.45) is 10.7. The minimum Gasteiger partial charge on any atom is -0.449 e. The van der Waals surface area contributed by atoms with Crippen LogP contribution in [0.3, 0.4) is 0 Å². The molecule has 2 heterocycles. The van der Waals surface area contributed by atoms with E-state index in [1.165, 1.54) is 25.3 Å². The molecule has 226 valence electrons. The lowest BCUT2D eigenvalue weighted by Gasteiger charge is -2.19. The standard InChI is InChI=1S/C33H49N2O6/c1-3-34-20-12-11-19-31(34)25-35(28(2)36)33(37)41-27-30-24-32(40-26-30)39-23-15-5-4-13-21-38-22-14-7-10-18-29-16-8-6-9-17-29/h6,8-9,11-12,16-17,19-20,30,32H,3-5,7,10,13-15,18,21-27H2,1-2H3/q+1. The van der Waals surface area contributed by atoms with Gasteiger partial charge >= 0.3 is 6.09 Å². The Labute approximate surface area is 245 Å². The molecule has 0 radical (unpaired) electrons. The van der Waals surface area contributed by atoms with Crippen LogP contribution in [0, 0.1) is 5.92 Å². The van der Waals surface area contributed by atoms with Crippen molar-refractivity contribution in [2.24, 2.45) is 5.92 Å². The third-order valence-corrected chi connectivity index (χ3v) is 7.37. The number of carbonyl (C=O) groups excluding carboxylic acids is 2. The summed E-state index contributed by atoms with van der Waals surface area (Å²) in [5.74, 6) is -0.281. The average molecular weight is 570 g/mol. The Morgan fingerprint density at radius 3 is 2.37 bits per heavy atom. The van der Waals surface area contributed by atoms with Crippen LogP contribution < -0.4 is 4.57 Å². The minimum atomic E-state index is -0.625. The zero-order chi connectivity index (χ0) is 29.1. The molecule has 0 spiro atoms. The number of aryl methyl sites for hydroxylation is 2. The normalized spacial score (nSPS) is 16.5. The van der Waals surface area contributed by atoms with Gasteiger partial charge in [-0.25, -0.2) is 14.3 Å². The fourth-order valence-electron chi connectivity index (χ4n) is 4.91. The number of imide groups is 1. The highest BCUT2D eigenvalue weighted by atomic mass is 16.7. The highest BCUT2D eigenvalue weighted by molar-refractivity contribution is 5.90. The van der Waals surface area contributed by atoms with Crippen molar-refractivity contribution in [3.05, 3.63) is 66.0 Å². The Hall–Kier alpha value is -2.81. The first-order valence-corrected chi connectivity index (χ1v) is 15.3. The predicted molar refractivity (Wildman–Crippen MR) is 157 cm³/mol. The van der Waals surface area contributed by atoms with Crippen LogP contribution >= 0.6 is 0 Å². The SMILES string of the molecule is CC[n+]1ccccc1CN(C(C)=O)C(=O)OCC1COC(OCCCCCCOCCCCCc2ccccc2)C1. The summed E-state index contributed by atoms with van der Waals surface area (Å²) in [7, 11) is 0. The fourth-order valence-corrected chi connectivity index (χ4v) is 4.91. The first-order valence-electron chi connectivity index (χ1n) is 15.3. The van der Waals surface area contributed by atoms with E-state index in [-0.39, 0.29) is 31.3 Å². The Morgan fingerprint density at radius 1 is 0.927 bits per heavy atom. The lowest BCUT2D eigenvalue weighted by molar-refractivity contribution is -0.701. The van der Waals surface area contributed by atoms with Gasteiger partial charge in [-0.2, -0.15) is 0 Å². The van der Waals surface area contributed by atoms with Gasteiger partial charge in [0.1, 0.15) is 13.1 Å². The van der Waals surface area contributed by atoms with Crippen LogP contribution in [-0.2, 0) is 43.3 Å². The molecule has 1 aliphatic rings. The van der Waals surface area contributed by atoms with E-state index in [4.69, 9.17) is 18.9 Å². The topological polar surface area (TPSA) is 78.2 Å². The van der Waals surface area contributed by atoms with Gasteiger partial charge in [0.05, 0.1) is 13.2 Å². The highest BCUT2D eigenvalue weighted by Gasteiger charge is 2.29. The predicted octanol–water partition coefficient (Wildman–Crippen LogP) is 5.85. The van der Waals surface area contributed by atoms with Gasteiger partial charge in [-0.3, -0.25) is 4.79 Å². The Balaban J connectivity index is 1.16. The van der Waals surface area contributed by atoms with Gasteiger partial charge in [0.15, 0.2) is 12.5 Å². The Bertz CT molecular complexity index is 1020. The summed E-state index contributed by atoms with van der Waals surface area (Å²) in [6.45, 7) is 7.36. The van der Waals surface area contributed by atoms with E-state index in [0.29, 0.717) is 19.6 Å². The van der Waals surface area contributed by atoms with Gasteiger partial charge in [0, 0.05) is 51.2 Å². The average Bonchev–Trinajstić information content (AvgIpc) is 3.45. The molecular weight excluding hydrogens is 520 g/mol. The molecule has 1 aromatic carbocycles. The molecule has 2 unspecified atom stereocenters. The van der Waals surface area contributed by atoms with Gasteiger partial charge in [-0.05, 0) is 44.6 Å². The van der Waals surface area contributed by atoms with Crippen LogP contribution in [0.25, 0.3) is 0 Å². The number of rotatable bonds is 19. The second-order valence-electron chi connectivity index (χ2n) is 10.7. The molecule has 1 saturated heterocycles. The molecular formula is C33H49N2O6+. The maximum Gasteiger partial charge on any atom is 0.417 e. The largest absolute Gasteiger partial charge is 0.449 e. The zero-order valence-corrected chi connectivity index (χ0v) is 25.0. The molecule has 2 amide bonds. The number of pyridine rings is 1. The molecule has 0 aliphatic carbocycles. The summed E-state index contributed by atoms with van der Waals surface area (Å²) in [5, 5.41) is 0. The molecule has 41 heavy (non-hydrogen) atoms. The molecule has 0 saturated carbocycles. The fraction of sp³-hybridized carbons (Fsp3) is 0.606. The number of hydrogen-bond acceptors (Lipinski definition) is 6. The highest BCUT2D eigenvalue weighted by Crippen LogP contribution is 2.21. The van der Waals surface area contributed by atoms with Gasteiger partial charge in [-0.15, -0.1) is 0 Å². The van der Waals surface area contributed by atoms with Crippen molar-refractivity contribution in [3.63, 3.8) is 0 Å². The molecule has 1 fully saturated rings. The number of ether oxygens (including phenoxy) is 4. The maximum absolute atomic E-state index is 12.7. The summed E-state index contributed by atoms with van der Waals surface area (Å²) >= 11 is 0. The van der Waals surface area contributed by atoms with E-state index in [1.807, 2.05) is 35.9 Å². The first kappa shape index (κ1) is 32.7. The summed E-state index contributed by atoms with van der Waals surface area (Å²) in [5.41, 5.74) is 2.29. The van der Waals surface area contributed by atoms with Crippen molar-refractivity contribution in [3.8, 4) is 0 Å². The Kier molecular flexibility index (Phi) is 15.4. The lowest BCUT2D eigenvalue weighted by atomic mass is 10.1. The molecule has 0 bridgehead atoms. The second kappa shape index (κ2) is 19.3.